The summed E-state index contributed by atoms with van der Waals surface area (Å²) in [4.78, 5) is 59.5. The Bertz CT molecular complexity index is 2230. The SMILES string of the molecule is COc1cc(C=CC2C3=CCC4C(=O)N(c5ccc(Br)cc5)C(=O)C4C3CC3C(=O)N(Nc4ccc(F)cc4)C(=O)C23c2ccc(Cl)cc2)ccc1O. The Morgan fingerprint density at radius 1 is 0.925 bits per heavy atom. The molecule has 6 atom stereocenters. The predicted molar refractivity (Wildman–Crippen MR) is 200 cm³/mol. The molecule has 4 aliphatic rings. The summed E-state index contributed by atoms with van der Waals surface area (Å²) in [5, 5.41) is 11.7. The minimum atomic E-state index is -1.50. The van der Waals surface area contributed by atoms with Crippen molar-refractivity contribution in [2.45, 2.75) is 18.3 Å². The maximum Gasteiger partial charge on any atom is 0.260 e. The van der Waals surface area contributed by atoms with E-state index in [1.54, 1.807) is 66.7 Å². The van der Waals surface area contributed by atoms with E-state index < -0.39 is 52.6 Å². The van der Waals surface area contributed by atoms with E-state index in [2.05, 4.69) is 21.4 Å². The van der Waals surface area contributed by atoms with Gasteiger partial charge in [-0.2, -0.15) is 5.01 Å². The molecule has 9 nitrogen and oxygen atoms in total. The van der Waals surface area contributed by atoms with Crippen LogP contribution in [0.15, 0.2) is 113 Å². The molecule has 8 rings (SSSR count). The first-order valence-electron chi connectivity index (χ1n) is 17.1. The van der Waals surface area contributed by atoms with E-state index in [1.165, 1.54) is 42.3 Å². The van der Waals surface area contributed by atoms with Gasteiger partial charge in [-0.3, -0.25) is 29.5 Å². The van der Waals surface area contributed by atoms with Crippen molar-refractivity contribution >= 4 is 68.6 Å². The number of hydrogen-bond donors (Lipinski definition) is 2. The molecule has 12 heteroatoms. The fraction of sp³-hybridized carbons (Fsp3) is 0.220. The number of nitrogens with one attached hydrogen (secondary N) is 1. The van der Waals surface area contributed by atoms with Crippen molar-refractivity contribution in [3.63, 3.8) is 0 Å². The maximum atomic E-state index is 15.2. The van der Waals surface area contributed by atoms with Crippen molar-refractivity contribution in [1.82, 2.24) is 5.01 Å². The van der Waals surface area contributed by atoms with Gasteiger partial charge in [-0.1, -0.05) is 69.5 Å². The van der Waals surface area contributed by atoms with Crippen LogP contribution in [-0.2, 0) is 24.6 Å². The molecule has 0 bridgehead atoms. The summed E-state index contributed by atoms with van der Waals surface area (Å²) in [5.74, 6) is -5.65. The first-order chi connectivity index (χ1) is 25.5. The quantitative estimate of drug-likeness (QED) is 0.146. The summed E-state index contributed by atoms with van der Waals surface area (Å²) < 4.78 is 20.0. The lowest BCUT2D eigenvalue weighted by atomic mass is 9.50. The number of rotatable bonds is 7. The highest BCUT2D eigenvalue weighted by molar-refractivity contribution is 9.10. The van der Waals surface area contributed by atoms with Crippen molar-refractivity contribution in [1.29, 1.82) is 0 Å². The molecule has 3 fully saturated rings. The Kier molecular flexibility index (Phi) is 8.74. The van der Waals surface area contributed by atoms with Gasteiger partial charge in [-0.15, -0.1) is 0 Å². The summed E-state index contributed by atoms with van der Waals surface area (Å²) in [5.41, 5.74) is 4.23. The van der Waals surface area contributed by atoms with Crippen molar-refractivity contribution < 1.29 is 33.4 Å². The van der Waals surface area contributed by atoms with Crippen LogP contribution in [-0.4, -0.2) is 40.9 Å². The number of phenols is 1. The van der Waals surface area contributed by atoms with Crippen molar-refractivity contribution in [2.24, 2.45) is 29.6 Å². The third kappa shape index (κ3) is 5.56. The van der Waals surface area contributed by atoms with Crippen LogP contribution in [0, 0.1) is 35.4 Å². The lowest BCUT2D eigenvalue weighted by molar-refractivity contribution is -0.139. The minimum Gasteiger partial charge on any atom is -0.504 e. The predicted octanol–water partition coefficient (Wildman–Crippen LogP) is 7.69. The molecule has 2 saturated heterocycles. The van der Waals surface area contributed by atoms with Crippen LogP contribution >= 0.6 is 27.5 Å². The molecular weight excluding hydrogens is 765 g/mol. The van der Waals surface area contributed by atoms with Gasteiger partial charge in [0.1, 0.15) is 5.82 Å². The first-order valence-corrected chi connectivity index (χ1v) is 18.2. The lowest BCUT2D eigenvalue weighted by Gasteiger charge is -2.49. The number of fused-ring (bicyclic) bond motifs is 4. The van der Waals surface area contributed by atoms with E-state index in [-0.39, 0.29) is 36.2 Å². The van der Waals surface area contributed by atoms with Gasteiger partial charge in [0.25, 0.3) is 11.8 Å². The summed E-state index contributed by atoms with van der Waals surface area (Å²) in [6, 6.07) is 24.0. The number of halogens is 3. The molecular formula is C41H32BrClFN3O6. The number of imide groups is 2. The van der Waals surface area contributed by atoms with Gasteiger partial charge in [0.05, 0.1) is 41.7 Å². The molecule has 0 aromatic heterocycles. The van der Waals surface area contributed by atoms with Crippen molar-refractivity contribution in [2.75, 3.05) is 17.4 Å². The summed E-state index contributed by atoms with van der Waals surface area (Å²) in [6.45, 7) is 0. The van der Waals surface area contributed by atoms with Gasteiger partial charge in [-0.25, -0.2) is 4.39 Å². The molecule has 0 radical (unpaired) electrons. The zero-order chi connectivity index (χ0) is 37.2. The molecule has 0 spiro atoms. The number of amides is 4. The van der Waals surface area contributed by atoms with Gasteiger partial charge in [0, 0.05) is 15.4 Å². The number of hydrogen-bond acceptors (Lipinski definition) is 7. The second-order valence-electron chi connectivity index (χ2n) is 13.7. The van der Waals surface area contributed by atoms with Crippen molar-refractivity contribution in [3.05, 3.63) is 135 Å². The monoisotopic (exact) mass is 795 g/mol. The van der Waals surface area contributed by atoms with Gasteiger partial charge >= 0.3 is 0 Å². The third-order valence-corrected chi connectivity index (χ3v) is 11.9. The Morgan fingerprint density at radius 2 is 1.64 bits per heavy atom. The Hall–Kier alpha value is -5.26. The summed E-state index contributed by atoms with van der Waals surface area (Å²) in [7, 11) is 1.45. The number of ether oxygens (including phenoxy) is 1. The largest absolute Gasteiger partial charge is 0.504 e. The topological polar surface area (TPSA) is 116 Å². The average molecular weight is 797 g/mol. The number of methoxy groups -OCH3 is 1. The highest BCUT2D eigenvalue weighted by Crippen LogP contribution is 2.61. The van der Waals surface area contributed by atoms with Crippen LogP contribution in [0.2, 0.25) is 5.02 Å². The Morgan fingerprint density at radius 3 is 2.34 bits per heavy atom. The smallest absolute Gasteiger partial charge is 0.260 e. The first kappa shape index (κ1) is 34.8. The van der Waals surface area contributed by atoms with Gasteiger partial charge in [0.15, 0.2) is 11.5 Å². The van der Waals surface area contributed by atoms with Gasteiger partial charge < -0.3 is 9.84 Å². The number of aromatic hydroxyl groups is 1. The molecule has 6 unspecified atom stereocenters. The lowest BCUT2D eigenvalue weighted by Crippen LogP contribution is -2.54. The zero-order valence-electron chi connectivity index (χ0n) is 28.2. The molecule has 2 N–H and O–H groups in total. The maximum absolute atomic E-state index is 15.2. The number of carbonyl (C=O) groups excluding carboxylic acids is 4. The number of hydrazine groups is 1. The molecule has 2 heterocycles. The van der Waals surface area contributed by atoms with Crippen LogP contribution in [0.3, 0.4) is 0 Å². The Labute approximate surface area is 317 Å². The van der Waals surface area contributed by atoms with E-state index >= 15 is 4.79 Å². The van der Waals surface area contributed by atoms with Gasteiger partial charge in [-0.05, 0) is 103 Å². The molecule has 1 saturated carbocycles. The second-order valence-corrected chi connectivity index (χ2v) is 15.0. The van der Waals surface area contributed by atoms with Crippen LogP contribution in [0.25, 0.3) is 6.08 Å². The molecule has 4 aromatic rings. The standard InChI is InChI=1S/C41H32BrClFN3O6/c1-53-35-20-22(3-19-34(35)48)2-18-32-29-16-17-30-36(39(51)46(37(30)49)28-14-6-24(42)7-15-28)31(29)21-33-38(50)47(45-27-12-10-26(44)11-13-27)40(52)41(32,33)23-4-8-25(43)9-5-23/h2-16,18-20,30-33,36,45,48H,17,21H2,1H3. The third-order valence-electron chi connectivity index (χ3n) is 11.1. The highest BCUT2D eigenvalue weighted by atomic mass is 79.9. The van der Waals surface area contributed by atoms with Gasteiger partial charge in [0.2, 0.25) is 11.8 Å². The molecule has 268 valence electrons. The fourth-order valence-corrected chi connectivity index (χ4v) is 9.14. The molecule has 2 aliphatic carbocycles. The molecule has 53 heavy (non-hydrogen) atoms. The molecule has 4 aromatic carbocycles. The van der Waals surface area contributed by atoms with Crippen LogP contribution in [0.4, 0.5) is 15.8 Å². The highest BCUT2D eigenvalue weighted by Gasteiger charge is 2.69. The van der Waals surface area contributed by atoms with Crippen LogP contribution < -0.4 is 15.1 Å². The number of anilines is 2. The number of benzene rings is 4. The van der Waals surface area contributed by atoms with E-state index in [0.717, 1.165) is 15.1 Å². The number of allylic oxidation sites excluding steroid dienone is 3. The number of phenolic OH excluding ortho intramolecular Hbond substituents is 1. The molecule has 2 aliphatic heterocycles. The number of nitrogens with zero attached hydrogens (tertiary/aromatic N) is 2. The second kappa shape index (κ2) is 13.3. The van der Waals surface area contributed by atoms with Crippen LogP contribution in [0.5, 0.6) is 11.5 Å². The zero-order valence-corrected chi connectivity index (χ0v) is 30.6. The average Bonchev–Trinajstić information content (AvgIpc) is 3.54. The van der Waals surface area contributed by atoms with E-state index in [1.807, 2.05) is 12.2 Å². The minimum absolute atomic E-state index is 0.0417. The fourth-order valence-electron chi connectivity index (χ4n) is 8.75. The summed E-state index contributed by atoms with van der Waals surface area (Å²) in [6.07, 6.45) is 6.03. The normalized spacial score (nSPS) is 26.4. The van der Waals surface area contributed by atoms with E-state index in [9.17, 15) is 23.9 Å². The number of carbonyl (C=O) groups is 4. The van der Waals surface area contributed by atoms with Crippen molar-refractivity contribution in [3.8, 4) is 11.5 Å². The van der Waals surface area contributed by atoms with Crippen LogP contribution in [0.1, 0.15) is 24.0 Å². The summed E-state index contributed by atoms with van der Waals surface area (Å²) >= 11 is 9.78. The van der Waals surface area contributed by atoms with E-state index in [0.29, 0.717) is 27.5 Å². The molecule has 4 amide bonds. The Balaban J connectivity index is 1.30. The van der Waals surface area contributed by atoms with E-state index in [4.69, 9.17) is 16.3 Å².